The van der Waals surface area contributed by atoms with Gasteiger partial charge in [-0.15, -0.1) is 0 Å². The highest BCUT2D eigenvalue weighted by Gasteiger charge is 2.02. The van der Waals surface area contributed by atoms with Gasteiger partial charge in [0.25, 0.3) is 0 Å². The molecule has 2 nitrogen and oxygen atoms in total. The lowest BCUT2D eigenvalue weighted by molar-refractivity contribution is 0.628. The molecule has 3 N–H and O–H groups in total. The molecule has 2 aromatic carbocycles. The minimum atomic E-state index is -0.247. The molecule has 0 bridgehead atoms. The van der Waals surface area contributed by atoms with Gasteiger partial charge in [0.15, 0.2) is 0 Å². The number of para-hydroxylation sites is 1. The number of nitrogens with one attached hydrogen (secondary N) is 1. The molecule has 2 rings (SSSR count). The van der Waals surface area contributed by atoms with Crippen molar-refractivity contribution in [1.29, 1.82) is 0 Å². The standard InChI is InChI=1S/C13H13FN2/c1-9-3-2-4-12(15)13(9)16-11-7-5-10(14)6-8-11/h2-8,16H,15H2,1H3. The molecule has 0 unspecified atom stereocenters. The van der Waals surface area contributed by atoms with Crippen LogP contribution >= 0.6 is 0 Å². The number of hydrogen-bond donors (Lipinski definition) is 2. The summed E-state index contributed by atoms with van der Waals surface area (Å²) >= 11 is 0. The Balaban J connectivity index is 2.30. The summed E-state index contributed by atoms with van der Waals surface area (Å²) in [6, 6.07) is 11.9. The Hall–Kier alpha value is -2.03. The van der Waals surface area contributed by atoms with E-state index in [1.54, 1.807) is 12.1 Å². The summed E-state index contributed by atoms with van der Waals surface area (Å²) in [5, 5.41) is 3.18. The van der Waals surface area contributed by atoms with Crippen LogP contribution < -0.4 is 11.1 Å². The molecule has 2 aromatic rings. The Labute approximate surface area is 93.9 Å². The van der Waals surface area contributed by atoms with Crippen molar-refractivity contribution < 1.29 is 4.39 Å². The fourth-order valence-corrected chi connectivity index (χ4v) is 1.54. The predicted molar refractivity (Wildman–Crippen MR) is 65.3 cm³/mol. The molecule has 0 aliphatic heterocycles. The van der Waals surface area contributed by atoms with E-state index in [1.807, 2.05) is 25.1 Å². The summed E-state index contributed by atoms with van der Waals surface area (Å²) in [4.78, 5) is 0. The smallest absolute Gasteiger partial charge is 0.123 e. The molecule has 0 spiro atoms. The van der Waals surface area contributed by atoms with Crippen molar-refractivity contribution in [3.8, 4) is 0 Å². The highest BCUT2D eigenvalue weighted by molar-refractivity contribution is 5.75. The van der Waals surface area contributed by atoms with Crippen LogP contribution in [0.4, 0.5) is 21.5 Å². The number of benzene rings is 2. The molecular weight excluding hydrogens is 203 g/mol. The number of anilines is 3. The fourth-order valence-electron chi connectivity index (χ4n) is 1.54. The van der Waals surface area contributed by atoms with Crippen LogP contribution in [0.15, 0.2) is 42.5 Å². The summed E-state index contributed by atoms with van der Waals surface area (Å²) in [5.74, 6) is -0.247. The van der Waals surface area contributed by atoms with E-state index in [4.69, 9.17) is 5.73 Å². The molecule has 0 radical (unpaired) electrons. The van der Waals surface area contributed by atoms with E-state index < -0.39 is 0 Å². The molecule has 0 amide bonds. The van der Waals surface area contributed by atoms with Crippen LogP contribution in [0.1, 0.15) is 5.56 Å². The summed E-state index contributed by atoms with van der Waals surface area (Å²) in [6.07, 6.45) is 0. The van der Waals surface area contributed by atoms with Gasteiger partial charge >= 0.3 is 0 Å². The first-order chi connectivity index (χ1) is 7.66. The fraction of sp³-hybridized carbons (Fsp3) is 0.0769. The number of rotatable bonds is 2. The van der Waals surface area contributed by atoms with E-state index in [0.717, 1.165) is 16.9 Å². The van der Waals surface area contributed by atoms with Crippen molar-refractivity contribution in [2.75, 3.05) is 11.1 Å². The first-order valence-corrected chi connectivity index (χ1v) is 5.04. The van der Waals surface area contributed by atoms with Gasteiger partial charge in [0.2, 0.25) is 0 Å². The number of hydrogen-bond acceptors (Lipinski definition) is 2. The van der Waals surface area contributed by atoms with E-state index >= 15 is 0 Å². The SMILES string of the molecule is Cc1cccc(N)c1Nc1ccc(F)cc1. The highest BCUT2D eigenvalue weighted by atomic mass is 19.1. The van der Waals surface area contributed by atoms with Gasteiger partial charge in [-0.3, -0.25) is 0 Å². The third-order valence-corrected chi connectivity index (χ3v) is 2.42. The minimum absolute atomic E-state index is 0.247. The summed E-state index contributed by atoms with van der Waals surface area (Å²) < 4.78 is 12.7. The van der Waals surface area contributed by atoms with E-state index in [1.165, 1.54) is 12.1 Å². The third kappa shape index (κ3) is 2.14. The molecule has 0 aromatic heterocycles. The maximum absolute atomic E-state index is 12.7. The molecule has 3 heteroatoms. The maximum atomic E-state index is 12.7. The van der Waals surface area contributed by atoms with Gasteiger partial charge in [-0.25, -0.2) is 4.39 Å². The van der Waals surface area contributed by atoms with Gasteiger partial charge in [0.05, 0.1) is 11.4 Å². The zero-order valence-electron chi connectivity index (χ0n) is 9.00. The lowest BCUT2D eigenvalue weighted by Crippen LogP contribution is -1.98. The largest absolute Gasteiger partial charge is 0.397 e. The predicted octanol–water partition coefficient (Wildman–Crippen LogP) is 3.46. The van der Waals surface area contributed by atoms with Crippen LogP contribution in [-0.4, -0.2) is 0 Å². The Morgan fingerprint density at radius 3 is 2.38 bits per heavy atom. The second-order valence-electron chi connectivity index (χ2n) is 3.67. The average molecular weight is 216 g/mol. The third-order valence-electron chi connectivity index (χ3n) is 2.42. The average Bonchev–Trinajstić information content (AvgIpc) is 2.26. The lowest BCUT2D eigenvalue weighted by Gasteiger charge is -2.12. The molecule has 0 atom stereocenters. The van der Waals surface area contributed by atoms with E-state index in [9.17, 15) is 4.39 Å². The van der Waals surface area contributed by atoms with Crippen LogP contribution in [0.2, 0.25) is 0 Å². The number of nitrogens with two attached hydrogens (primary N) is 1. The maximum Gasteiger partial charge on any atom is 0.123 e. The molecule has 0 fully saturated rings. The monoisotopic (exact) mass is 216 g/mol. The molecule has 0 aliphatic rings. The second-order valence-corrected chi connectivity index (χ2v) is 3.67. The number of nitrogen functional groups attached to an aromatic ring is 1. The number of halogens is 1. The Morgan fingerprint density at radius 1 is 1.06 bits per heavy atom. The van der Waals surface area contributed by atoms with Gasteiger partial charge in [0.1, 0.15) is 5.82 Å². The normalized spacial score (nSPS) is 10.1. The zero-order valence-corrected chi connectivity index (χ0v) is 9.00. The van der Waals surface area contributed by atoms with Crippen molar-refractivity contribution in [3.63, 3.8) is 0 Å². The summed E-state index contributed by atoms with van der Waals surface area (Å²) in [6.45, 7) is 1.97. The highest BCUT2D eigenvalue weighted by Crippen LogP contribution is 2.26. The summed E-state index contributed by atoms with van der Waals surface area (Å²) in [7, 11) is 0. The minimum Gasteiger partial charge on any atom is -0.397 e. The van der Waals surface area contributed by atoms with Crippen LogP contribution in [0.3, 0.4) is 0 Å². The summed E-state index contributed by atoms with van der Waals surface area (Å²) in [5.41, 5.74) is 9.30. The van der Waals surface area contributed by atoms with Crippen LogP contribution in [0.25, 0.3) is 0 Å². The molecule has 0 saturated heterocycles. The molecular formula is C13H13FN2. The van der Waals surface area contributed by atoms with Crippen molar-refractivity contribution in [2.45, 2.75) is 6.92 Å². The zero-order chi connectivity index (χ0) is 11.5. The molecule has 16 heavy (non-hydrogen) atoms. The van der Waals surface area contributed by atoms with Gasteiger partial charge in [-0.05, 0) is 42.8 Å². The van der Waals surface area contributed by atoms with Crippen LogP contribution in [-0.2, 0) is 0 Å². The Morgan fingerprint density at radius 2 is 1.75 bits per heavy atom. The number of aryl methyl sites for hydroxylation is 1. The van der Waals surface area contributed by atoms with Crippen LogP contribution in [0.5, 0.6) is 0 Å². The lowest BCUT2D eigenvalue weighted by atomic mass is 10.1. The van der Waals surface area contributed by atoms with E-state index in [-0.39, 0.29) is 5.82 Å². The quantitative estimate of drug-likeness (QED) is 0.754. The topological polar surface area (TPSA) is 38.0 Å². The molecule has 82 valence electrons. The van der Waals surface area contributed by atoms with Gasteiger partial charge < -0.3 is 11.1 Å². The molecule has 0 saturated carbocycles. The van der Waals surface area contributed by atoms with Crippen molar-refractivity contribution >= 4 is 17.1 Å². The second kappa shape index (κ2) is 4.23. The Kier molecular flexibility index (Phi) is 2.77. The van der Waals surface area contributed by atoms with Crippen molar-refractivity contribution in [1.82, 2.24) is 0 Å². The van der Waals surface area contributed by atoms with Crippen LogP contribution in [0, 0.1) is 12.7 Å². The Bertz CT molecular complexity index is 472. The van der Waals surface area contributed by atoms with Crippen molar-refractivity contribution in [3.05, 3.63) is 53.8 Å². The first kappa shape index (κ1) is 10.5. The van der Waals surface area contributed by atoms with Gasteiger partial charge in [-0.1, -0.05) is 12.1 Å². The molecule has 0 aliphatic carbocycles. The van der Waals surface area contributed by atoms with E-state index in [0.29, 0.717) is 5.69 Å². The van der Waals surface area contributed by atoms with E-state index in [2.05, 4.69) is 5.32 Å². The first-order valence-electron chi connectivity index (χ1n) is 5.04. The van der Waals surface area contributed by atoms with Gasteiger partial charge in [-0.2, -0.15) is 0 Å². The molecule has 0 heterocycles. The van der Waals surface area contributed by atoms with Crippen molar-refractivity contribution in [2.24, 2.45) is 0 Å². The van der Waals surface area contributed by atoms with Gasteiger partial charge in [0, 0.05) is 5.69 Å².